The quantitative estimate of drug-likeness (QED) is 0.868. The molecule has 1 unspecified atom stereocenters. The highest BCUT2D eigenvalue weighted by molar-refractivity contribution is 7.11. The Morgan fingerprint density at radius 3 is 3.05 bits per heavy atom. The largest absolute Gasteiger partial charge is 0.472 e. The van der Waals surface area contributed by atoms with E-state index in [0.717, 1.165) is 17.0 Å². The van der Waals surface area contributed by atoms with Gasteiger partial charge in [-0.1, -0.05) is 6.07 Å². The van der Waals surface area contributed by atoms with Crippen molar-refractivity contribution in [3.05, 3.63) is 40.5 Å². The van der Waals surface area contributed by atoms with Crippen LogP contribution in [0.2, 0.25) is 0 Å². The molecule has 0 N–H and O–H groups in total. The normalized spacial score (nSPS) is 18.2. The van der Waals surface area contributed by atoms with Crippen LogP contribution in [0.1, 0.15) is 21.8 Å². The Hall–Kier alpha value is -1.95. The molecule has 1 saturated heterocycles. The first-order chi connectivity index (χ1) is 9.74. The third-order valence-corrected chi connectivity index (χ3v) is 4.21. The molecular formula is C14H15N3O2S. The van der Waals surface area contributed by atoms with Crippen LogP contribution < -0.4 is 4.74 Å². The number of carbonyl (C=O) groups is 1. The molecule has 6 heteroatoms. The first kappa shape index (κ1) is 13.1. The molecular weight excluding hydrogens is 274 g/mol. The number of nitrogens with zero attached hydrogens (tertiary/aromatic N) is 3. The zero-order valence-corrected chi connectivity index (χ0v) is 12.0. The van der Waals surface area contributed by atoms with Gasteiger partial charge in [-0.15, -0.1) is 11.3 Å². The van der Waals surface area contributed by atoms with Gasteiger partial charge in [-0.3, -0.25) is 4.79 Å². The van der Waals surface area contributed by atoms with Crippen LogP contribution in [-0.2, 0) is 0 Å². The highest BCUT2D eigenvalue weighted by Gasteiger charge is 2.29. The molecule has 0 aromatic carbocycles. The fraction of sp³-hybridized carbons (Fsp3) is 0.357. The minimum Gasteiger partial charge on any atom is -0.472 e. The van der Waals surface area contributed by atoms with Gasteiger partial charge in [-0.25, -0.2) is 9.97 Å². The van der Waals surface area contributed by atoms with Crippen molar-refractivity contribution in [2.45, 2.75) is 19.4 Å². The number of ether oxygens (including phenoxy) is 1. The molecule has 0 radical (unpaired) electrons. The molecule has 0 saturated carbocycles. The van der Waals surface area contributed by atoms with Crippen molar-refractivity contribution >= 4 is 17.2 Å². The predicted molar refractivity (Wildman–Crippen MR) is 76.0 cm³/mol. The van der Waals surface area contributed by atoms with Crippen molar-refractivity contribution < 1.29 is 9.53 Å². The van der Waals surface area contributed by atoms with E-state index in [0.29, 0.717) is 19.0 Å². The lowest BCUT2D eigenvalue weighted by atomic mass is 10.3. The van der Waals surface area contributed by atoms with Crippen molar-refractivity contribution in [1.29, 1.82) is 0 Å². The molecule has 5 nitrogen and oxygen atoms in total. The van der Waals surface area contributed by atoms with Crippen molar-refractivity contribution in [1.82, 2.24) is 14.9 Å². The van der Waals surface area contributed by atoms with E-state index in [1.54, 1.807) is 11.7 Å². The van der Waals surface area contributed by atoms with Gasteiger partial charge in [-0.05, 0) is 13.0 Å². The Labute approximate surface area is 121 Å². The topological polar surface area (TPSA) is 55.3 Å². The fourth-order valence-corrected chi connectivity index (χ4v) is 3.02. The summed E-state index contributed by atoms with van der Waals surface area (Å²) in [4.78, 5) is 23.2. The molecule has 1 fully saturated rings. The number of aryl methyl sites for hydroxylation is 1. The van der Waals surface area contributed by atoms with Gasteiger partial charge in [0, 0.05) is 25.2 Å². The van der Waals surface area contributed by atoms with Gasteiger partial charge in [0.25, 0.3) is 5.91 Å². The van der Waals surface area contributed by atoms with E-state index in [9.17, 15) is 4.79 Å². The average molecular weight is 289 g/mol. The molecule has 0 aliphatic carbocycles. The van der Waals surface area contributed by atoms with Gasteiger partial charge in [0.2, 0.25) is 5.88 Å². The van der Waals surface area contributed by atoms with E-state index in [4.69, 9.17) is 4.74 Å². The monoisotopic (exact) mass is 289 g/mol. The SMILES string of the molecule is Cc1ncsc1C(=O)N1CCC(Oc2ccccn2)C1. The highest BCUT2D eigenvalue weighted by Crippen LogP contribution is 2.21. The molecule has 1 aliphatic rings. The van der Waals surface area contributed by atoms with Crippen LogP contribution in [0.25, 0.3) is 0 Å². The van der Waals surface area contributed by atoms with Crippen molar-refractivity contribution in [2.75, 3.05) is 13.1 Å². The first-order valence-electron chi connectivity index (χ1n) is 6.51. The van der Waals surface area contributed by atoms with Crippen molar-refractivity contribution in [2.24, 2.45) is 0 Å². The standard InChI is InChI=1S/C14H15N3O2S/c1-10-13(20-9-16-10)14(18)17-7-5-11(8-17)19-12-4-2-3-6-15-12/h2-4,6,9,11H,5,7-8H2,1H3. The summed E-state index contributed by atoms with van der Waals surface area (Å²) in [6, 6.07) is 5.57. The Bertz CT molecular complexity index is 599. The maximum atomic E-state index is 12.4. The fourth-order valence-electron chi connectivity index (χ4n) is 2.25. The van der Waals surface area contributed by atoms with Crippen molar-refractivity contribution in [3.63, 3.8) is 0 Å². The van der Waals surface area contributed by atoms with Crippen LogP contribution in [0, 0.1) is 6.92 Å². The molecule has 2 aromatic rings. The van der Waals surface area contributed by atoms with Crippen molar-refractivity contribution in [3.8, 4) is 5.88 Å². The molecule has 0 spiro atoms. The number of thiazole rings is 1. The molecule has 1 aliphatic heterocycles. The van der Waals surface area contributed by atoms with Crippen LogP contribution in [-0.4, -0.2) is 40.0 Å². The second kappa shape index (κ2) is 5.58. The molecule has 1 amide bonds. The zero-order chi connectivity index (χ0) is 13.9. The summed E-state index contributed by atoms with van der Waals surface area (Å²) in [6.45, 7) is 3.18. The summed E-state index contributed by atoms with van der Waals surface area (Å²) in [7, 11) is 0. The van der Waals surface area contributed by atoms with E-state index in [-0.39, 0.29) is 12.0 Å². The average Bonchev–Trinajstić information content (AvgIpc) is 3.08. The molecule has 2 aromatic heterocycles. The molecule has 0 bridgehead atoms. The lowest BCUT2D eigenvalue weighted by Gasteiger charge is -2.16. The molecule has 20 heavy (non-hydrogen) atoms. The summed E-state index contributed by atoms with van der Waals surface area (Å²) >= 11 is 1.39. The summed E-state index contributed by atoms with van der Waals surface area (Å²) in [5.74, 6) is 0.665. The van der Waals surface area contributed by atoms with Crippen LogP contribution >= 0.6 is 11.3 Å². The third-order valence-electron chi connectivity index (χ3n) is 3.30. The number of aromatic nitrogens is 2. The van der Waals surface area contributed by atoms with E-state index in [1.165, 1.54) is 11.3 Å². The number of likely N-dealkylation sites (tertiary alicyclic amines) is 1. The maximum absolute atomic E-state index is 12.4. The number of amides is 1. The number of rotatable bonds is 3. The van der Waals surface area contributed by atoms with E-state index in [1.807, 2.05) is 30.0 Å². The molecule has 104 valence electrons. The zero-order valence-electron chi connectivity index (χ0n) is 11.2. The smallest absolute Gasteiger partial charge is 0.265 e. The Balaban J connectivity index is 1.62. The number of hydrogen-bond acceptors (Lipinski definition) is 5. The lowest BCUT2D eigenvalue weighted by Crippen LogP contribution is -2.30. The molecule has 1 atom stereocenters. The van der Waals surface area contributed by atoms with E-state index < -0.39 is 0 Å². The summed E-state index contributed by atoms with van der Waals surface area (Å²) in [5.41, 5.74) is 2.51. The van der Waals surface area contributed by atoms with Gasteiger partial charge >= 0.3 is 0 Å². The Morgan fingerprint density at radius 2 is 2.35 bits per heavy atom. The highest BCUT2D eigenvalue weighted by atomic mass is 32.1. The minimum atomic E-state index is 0.0158. The van der Waals surface area contributed by atoms with Gasteiger partial charge in [-0.2, -0.15) is 0 Å². The predicted octanol–water partition coefficient (Wildman–Crippen LogP) is 2.14. The summed E-state index contributed by atoms with van der Waals surface area (Å²) < 4.78 is 5.79. The maximum Gasteiger partial charge on any atom is 0.265 e. The first-order valence-corrected chi connectivity index (χ1v) is 7.39. The third kappa shape index (κ3) is 2.65. The van der Waals surface area contributed by atoms with Crippen LogP contribution in [0.3, 0.4) is 0 Å². The van der Waals surface area contributed by atoms with E-state index >= 15 is 0 Å². The lowest BCUT2D eigenvalue weighted by molar-refractivity contribution is 0.0775. The van der Waals surface area contributed by atoms with Crippen LogP contribution in [0.4, 0.5) is 0 Å². The van der Waals surface area contributed by atoms with Gasteiger partial charge < -0.3 is 9.64 Å². The van der Waals surface area contributed by atoms with Gasteiger partial charge in [0.1, 0.15) is 11.0 Å². The van der Waals surface area contributed by atoms with Gasteiger partial charge in [0.05, 0.1) is 17.7 Å². The second-order valence-electron chi connectivity index (χ2n) is 4.71. The van der Waals surface area contributed by atoms with Crippen LogP contribution in [0.5, 0.6) is 5.88 Å². The molecule has 3 heterocycles. The number of hydrogen-bond donors (Lipinski definition) is 0. The minimum absolute atomic E-state index is 0.0158. The summed E-state index contributed by atoms with van der Waals surface area (Å²) in [5, 5.41) is 0. The Kier molecular flexibility index (Phi) is 3.64. The second-order valence-corrected chi connectivity index (χ2v) is 5.57. The number of carbonyl (C=O) groups excluding carboxylic acids is 1. The Morgan fingerprint density at radius 1 is 1.45 bits per heavy atom. The number of pyridine rings is 1. The molecule has 3 rings (SSSR count). The van der Waals surface area contributed by atoms with Crippen LogP contribution in [0.15, 0.2) is 29.9 Å². The summed E-state index contributed by atoms with van der Waals surface area (Å²) in [6.07, 6.45) is 2.55. The van der Waals surface area contributed by atoms with E-state index in [2.05, 4.69) is 9.97 Å². The van der Waals surface area contributed by atoms with Gasteiger partial charge in [0.15, 0.2) is 0 Å².